The Morgan fingerprint density at radius 3 is 2.38 bits per heavy atom. The number of unbranched alkanes of at least 4 members (excludes halogenated alkanes) is 2. The molecule has 0 aliphatic heterocycles. The van der Waals surface area contributed by atoms with Gasteiger partial charge in [0.2, 0.25) is 0 Å². The van der Waals surface area contributed by atoms with Crippen molar-refractivity contribution in [2.45, 2.75) is 62.5 Å². The molecule has 0 spiro atoms. The minimum absolute atomic E-state index is 0.133. The molecule has 0 aromatic heterocycles. The summed E-state index contributed by atoms with van der Waals surface area (Å²) < 4.78 is -0.760. The van der Waals surface area contributed by atoms with E-state index in [-0.39, 0.29) is 5.92 Å². The zero-order valence-corrected chi connectivity index (χ0v) is 14.1. The van der Waals surface area contributed by atoms with Crippen molar-refractivity contribution in [3.8, 4) is 0 Å². The Labute approximate surface area is 132 Å². The molecule has 3 nitrogen and oxygen atoms in total. The number of hydrogen-bond donors (Lipinski definition) is 2. The maximum Gasteiger partial charge on any atom is 0.320 e. The van der Waals surface area contributed by atoms with E-state index in [4.69, 9.17) is 5.73 Å². The molecular formula is C17H27NO2S. The third-order valence-electron chi connectivity index (χ3n) is 4.10. The fourth-order valence-corrected chi connectivity index (χ4v) is 3.85. The highest BCUT2D eigenvalue weighted by atomic mass is 32.2. The fourth-order valence-electron chi connectivity index (χ4n) is 2.61. The number of benzene rings is 1. The van der Waals surface area contributed by atoms with Crippen molar-refractivity contribution < 1.29 is 9.90 Å². The van der Waals surface area contributed by atoms with Gasteiger partial charge >= 0.3 is 5.97 Å². The van der Waals surface area contributed by atoms with E-state index in [1.165, 1.54) is 11.8 Å². The molecule has 1 rings (SSSR count). The van der Waals surface area contributed by atoms with Crippen molar-refractivity contribution in [1.29, 1.82) is 0 Å². The highest BCUT2D eigenvalue weighted by Gasteiger charge is 2.42. The molecule has 1 aromatic carbocycles. The van der Waals surface area contributed by atoms with E-state index < -0.39 is 10.7 Å². The molecule has 0 saturated heterocycles. The Balaban J connectivity index is 2.91. The molecule has 3 N–H and O–H groups in total. The number of nitrogens with two attached hydrogens (primary N) is 1. The lowest BCUT2D eigenvalue weighted by molar-refractivity contribution is -0.141. The van der Waals surface area contributed by atoms with Crippen LogP contribution in [0.1, 0.15) is 52.9 Å². The molecule has 0 heterocycles. The van der Waals surface area contributed by atoms with Gasteiger partial charge in [0.25, 0.3) is 0 Å². The van der Waals surface area contributed by atoms with Crippen LogP contribution in [0, 0.1) is 5.92 Å². The van der Waals surface area contributed by atoms with Gasteiger partial charge in [-0.05, 0) is 43.0 Å². The molecule has 0 amide bonds. The first-order valence-electron chi connectivity index (χ1n) is 7.74. The first-order valence-corrected chi connectivity index (χ1v) is 8.55. The smallest absolute Gasteiger partial charge is 0.320 e. The summed E-state index contributed by atoms with van der Waals surface area (Å²) in [4.78, 5) is 12.9. The van der Waals surface area contributed by atoms with Crippen LogP contribution in [0.3, 0.4) is 0 Å². The molecule has 118 valence electrons. The quantitative estimate of drug-likeness (QED) is 0.390. The van der Waals surface area contributed by atoms with Gasteiger partial charge in [0.15, 0.2) is 0 Å². The second-order valence-corrected chi connectivity index (χ2v) is 7.02. The van der Waals surface area contributed by atoms with Gasteiger partial charge in [-0.1, -0.05) is 40.0 Å². The third kappa shape index (κ3) is 4.67. The third-order valence-corrected chi connectivity index (χ3v) is 5.84. The number of carboxylic acid groups (broad SMARTS) is 1. The summed E-state index contributed by atoms with van der Waals surface area (Å²) in [6.07, 6.45) is 4.98. The highest BCUT2D eigenvalue weighted by Crippen LogP contribution is 2.43. The summed E-state index contributed by atoms with van der Waals surface area (Å²) in [5.41, 5.74) is 6.40. The number of thioether (sulfide) groups is 1. The molecule has 0 aliphatic rings. The summed E-state index contributed by atoms with van der Waals surface area (Å²) in [5, 5.41) is 9.82. The van der Waals surface area contributed by atoms with Crippen LogP contribution in [-0.2, 0) is 4.79 Å². The van der Waals surface area contributed by atoms with Crippen molar-refractivity contribution in [3.63, 3.8) is 0 Å². The highest BCUT2D eigenvalue weighted by molar-refractivity contribution is 8.01. The second-order valence-electron chi connectivity index (χ2n) is 5.62. The summed E-state index contributed by atoms with van der Waals surface area (Å²) in [5.74, 6) is -0.579. The van der Waals surface area contributed by atoms with E-state index in [0.29, 0.717) is 12.1 Å². The predicted octanol–water partition coefficient (Wildman–Crippen LogP) is 4.81. The van der Waals surface area contributed by atoms with Crippen molar-refractivity contribution in [1.82, 2.24) is 0 Å². The number of carbonyl (C=O) groups is 1. The molecule has 2 atom stereocenters. The molecule has 0 aliphatic carbocycles. The fraction of sp³-hybridized carbons (Fsp3) is 0.588. The molecular weight excluding hydrogens is 282 g/mol. The van der Waals surface area contributed by atoms with E-state index >= 15 is 0 Å². The molecule has 2 unspecified atom stereocenters. The van der Waals surface area contributed by atoms with Gasteiger partial charge < -0.3 is 10.8 Å². The Morgan fingerprint density at radius 2 is 1.90 bits per heavy atom. The lowest BCUT2D eigenvalue weighted by atomic mass is 9.86. The van der Waals surface area contributed by atoms with Gasteiger partial charge in [0.05, 0.1) is 0 Å². The second kappa shape index (κ2) is 8.32. The molecule has 4 heteroatoms. The maximum absolute atomic E-state index is 12.0. The van der Waals surface area contributed by atoms with Gasteiger partial charge in [0, 0.05) is 10.6 Å². The zero-order chi connectivity index (χ0) is 15.9. The number of carboxylic acids is 1. The van der Waals surface area contributed by atoms with Gasteiger partial charge in [0.1, 0.15) is 4.75 Å². The maximum atomic E-state index is 12.0. The molecule has 0 radical (unpaired) electrons. The monoisotopic (exact) mass is 309 g/mol. The largest absolute Gasteiger partial charge is 0.480 e. The Hall–Kier alpha value is -1.16. The van der Waals surface area contributed by atoms with Crippen LogP contribution in [0.25, 0.3) is 0 Å². The number of hydrogen-bond acceptors (Lipinski definition) is 3. The average Bonchev–Trinajstić information content (AvgIpc) is 2.46. The van der Waals surface area contributed by atoms with E-state index in [9.17, 15) is 9.90 Å². The summed E-state index contributed by atoms with van der Waals surface area (Å²) in [6.45, 7) is 6.20. The van der Waals surface area contributed by atoms with E-state index in [1.54, 1.807) is 0 Å². The van der Waals surface area contributed by atoms with Crippen LogP contribution in [0.15, 0.2) is 29.2 Å². The zero-order valence-electron chi connectivity index (χ0n) is 13.3. The van der Waals surface area contributed by atoms with Gasteiger partial charge in [-0.2, -0.15) is 0 Å². The topological polar surface area (TPSA) is 63.3 Å². The number of aliphatic carboxylic acids is 1. The minimum atomic E-state index is -0.760. The number of anilines is 1. The first kappa shape index (κ1) is 17.9. The number of nitrogen functional groups attached to an aromatic ring is 1. The molecule has 1 aromatic rings. The van der Waals surface area contributed by atoms with Gasteiger partial charge in [-0.3, -0.25) is 4.79 Å². The molecule has 0 fully saturated rings. The van der Waals surface area contributed by atoms with Crippen LogP contribution < -0.4 is 5.73 Å². The SMILES string of the molecule is CCCCCC(C)C(CC)(Sc1ccc(N)cc1)C(=O)O. The lowest BCUT2D eigenvalue weighted by Crippen LogP contribution is -2.41. The van der Waals surface area contributed by atoms with Crippen molar-refractivity contribution in [2.24, 2.45) is 5.92 Å². The van der Waals surface area contributed by atoms with Gasteiger partial charge in [-0.25, -0.2) is 0 Å². The standard InChI is InChI=1S/C17H27NO2S/c1-4-6-7-8-13(3)17(5-2,16(19)20)21-15-11-9-14(18)10-12-15/h9-13H,4-8,18H2,1-3H3,(H,19,20). The summed E-state index contributed by atoms with van der Waals surface area (Å²) >= 11 is 1.46. The lowest BCUT2D eigenvalue weighted by Gasteiger charge is -2.34. The van der Waals surface area contributed by atoms with Crippen molar-refractivity contribution in [2.75, 3.05) is 5.73 Å². The normalized spacial score (nSPS) is 15.4. The summed E-state index contributed by atoms with van der Waals surface area (Å²) in [6, 6.07) is 7.47. The molecule has 0 saturated carbocycles. The molecule has 21 heavy (non-hydrogen) atoms. The number of rotatable bonds is 9. The first-order chi connectivity index (χ1) is 9.96. The Bertz CT molecular complexity index is 447. The van der Waals surface area contributed by atoms with Crippen LogP contribution in [0.5, 0.6) is 0 Å². The van der Waals surface area contributed by atoms with Crippen molar-refractivity contribution in [3.05, 3.63) is 24.3 Å². The van der Waals surface area contributed by atoms with Crippen LogP contribution in [0.2, 0.25) is 0 Å². The van der Waals surface area contributed by atoms with Crippen LogP contribution in [0.4, 0.5) is 5.69 Å². The van der Waals surface area contributed by atoms with Crippen LogP contribution >= 0.6 is 11.8 Å². The summed E-state index contributed by atoms with van der Waals surface area (Å²) in [7, 11) is 0. The average molecular weight is 309 g/mol. The Morgan fingerprint density at radius 1 is 1.29 bits per heavy atom. The van der Waals surface area contributed by atoms with Crippen molar-refractivity contribution >= 4 is 23.4 Å². The van der Waals surface area contributed by atoms with E-state index in [0.717, 1.165) is 30.6 Å². The molecule has 0 bridgehead atoms. The van der Waals surface area contributed by atoms with Gasteiger partial charge in [-0.15, -0.1) is 11.8 Å². The Kier molecular flexibility index (Phi) is 7.09. The van der Waals surface area contributed by atoms with E-state index in [2.05, 4.69) is 13.8 Å². The van der Waals surface area contributed by atoms with E-state index in [1.807, 2.05) is 31.2 Å². The predicted molar refractivity (Wildman–Crippen MR) is 90.7 cm³/mol. The van der Waals surface area contributed by atoms with Crippen LogP contribution in [-0.4, -0.2) is 15.8 Å². The minimum Gasteiger partial charge on any atom is -0.480 e.